The van der Waals surface area contributed by atoms with Crippen LogP contribution in [0.2, 0.25) is 0 Å². The maximum atomic E-state index is 10.2. The Hall–Kier alpha value is -2.90. The van der Waals surface area contributed by atoms with Gasteiger partial charge in [0.15, 0.2) is 29.3 Å². The van der Waals surface area contributed by atoms with E-state index >= 15 is 0 Å². The van der Waals surface area contributed by atoms with E-state index in [0.29, 0.717) is 17.2 Å². The van der Waals surface area contributed by atoms with Gasteiger partial charge in [-0.15, -0.1) is 0 Å². The smallest absolute Gasteiger partial charge is 0.187 e. The molecule has 2 aliphatic heterocycles. The molecule has 6 N–H and O–H groups in total. The molecule has 0 aromatic heterocycles. The number of benzene rings is 2. The normalized spacial score (nSPS) is 29.2. The van der Waals surface area contributed by atoms with Gasteiger partial charge in [-0.25, -0.2) is 0 Å². The Morgan fingerprint density at radius 2 is 1.68 bits per heavy atom. The number of hydrogen-bond donors (Lipinski definition) is 6. The first-order valence-electron chi connectivity index (χ1n) is 11.8. The second-order valence-electron chi connectivity index (χ2n) is 8.83. The molecule has 0 bridgehead atoms. The van der Waals surface area contributed by atoms with Gasteiger partial charge in [0.1, 0.15) is 30.5 Å². The minimum Gasteiger partial charge on any atom is -0.504 e. The van der Waals surface area contributed by atoms with Gasteiger partial charge < -0.3 is 54.3 Å². The average molecular weight is 521 g/mol. The fraction of sp³-hybridized carbons (Fsp3) is 0.462. The number of phenols is 1. The molecule has 1 saturated heterocycles. The van der Waals surface area contributed by atoms with Crippen LogP contribution in [0.15, 0.2) is 36.4 Å². The monoisotopic (exact) mass is 520 g/mol. The third-order valence-electron chi connectivity index (χ3n) is 6.58. The van der Waals surface area contributed by atoms with Crippen molar-refractivity contribution < 1.29 is 54.3 Å². The van der Waals surface area contributed by atoms with Crippen molar-refractivity contribution in [2.45, 2.75) is 42.7 Å². The first kappa shape index (κ1) is 27.1. The first-order valence-corrected chi connectivity index (χ1v) is 11.8. The van der Waals surface area contributed by atoms with Crippen LogP contribution in [0.4, 0.5) is 0 Å². The zero-order chi connectivity index (χ0) is 26.7. The molecule has 0 unspecified atom stereocenters. The molecular weight excluding hydrogens is 488 g/mol. The molecule has 2 aliphatic rings. The number of aliphatic hydroxyl groups excluding tert-OH is 5. The zero-order valence-electron chi connectivity index (χ0n) is 20.4. The van der Waals surface area contributed by atoms with E-state index in [1.54, 1.807) is 30.4 Å². The topological polar surface area (TPSA) is 168 Å². The van der Waals surface area contributed by atoms with Crippen molar-refractivity contribution in [1.29, 1.82) is 0 Å². The second kappa shape index (κ2) is 11.7. The van der Waals surface area contributed by atoms with Crippen LogP contribution in [0.25, 0.3) is 6.08 Å². The fourth-order valence-corrected chi connectivity index (χ4v) is 4.57. The Morgan fingerprint density at radius 3 is 2.35 bits per heavy atom. The lowest BCUT2D eigenvalue weighted by Crippen LogP contribution is -2.59. The molecule has 11 nitrogen and oxygen atoms in total. The number of aromatic hydroxyl groups is 1. The molecule has 2 heterocycles. The predicted octanol–water partition coefficient (Wildman–Crippen LogP) is 0.449. The van der Waals surface area contributed by atoms with Crippen LogP contribution in [0.5, 0.6) is 23.0 Å². The lowest BCUT2D eigenvalue weighted by molar-refractivity contribution is -0.298. The number of hydrogen-bond acceptors (Lipinski definition) is 11. The van der Waals surface area contributed by atoms with E-state index in [1.807, 2.05) is 6.07 Å². The van der Waals surface area contributed by atoms with Gasteiger partial charge in [-0.05, 0) is 35.4 Å². The molecule has 4 rings (SSSR count). The van der Waals surface area contributed by atoms with Crippen LogP contribution < -0.4 is 14.2 Å². The standard InChI is InChI=1S/C26H32O11/c1-33-18-10-14(5-6-17(18)29)24-16(11-27)15-8-13(9-19(34-2)25(15)37-24)4-3-7-35-26-23(32)22(31)21(30)20(12-28)36-26/h3-6,8-10,16,20-24,26-32H,7,11-12H2,1-2H3/b4-3+/t16-,20-,21-,22+,23-,24+,26-/m1/s1. The Kier molecular flexibility index (Phi) is 8.55. The lowest BCUT2D eigenvalue weighted by atomic mass is 9.90. The van der Waals surface area contributed by atoms with Gasteiger partial charge in [0.25, 0.3) is 0 Å². The molecule has 11 heteroatoms. The Morgan fingerprint density at radius 1 is 0.919 bits per heavy atom. The molecule has 0 radical (unpaired) electrons. The third kappa shape index (κ3) is 5.39. The Labute approximate surface area is 213 Å². The minimum absolute atomic E-state index is 0.00162. The molecule has 0 amide bonds. The van der Waals surface area contributed by atoms with Crippen molar-refractivity contribution in [2.24, 2.45) is 0 Å². The fourth-order valence-electron chi connectivity index (χ4n) is 4.57. The highest BCUT2D eigenvalue weighted by atomic mass is 16.7. The van der Waals surface area contributed by atoms with Crippen molar-refractivity contribution in [3.8, 4) is 23.0 Å². The lowest BCUT2D eigenvalue weighted by Gasteiger charge is -2.39. The number of ether oxygens (including phenoxy) is 5. The highest BCUT2D eigenvalue weighted by Gasteiger charge is 2.44. The SMILES string of the molecule is COc1cc([C@@H]2Oc3c(OC)cc(/C=C/CO[C@@H]4O[C@H](CO)[C@@H](O)[C@H](O)[C@H]4O)cc3[C@H]2CO)ccc1O. The molecular formula is C26H32O11. The molecule has 2 aromatic rings. The summed E-state index contributed by atoms with van der Waals surface area (Å²) < 4.78 is 27.8. The largest absolute Gasteiger partial charge is 0.504 e. The van der Waals surface area contributed by atoms with E-state index in [4.69, 9.17) is 23.7 Å². The maximum absolute atomic E-state index is 10.2. The summed E-state index contributed by atoms with van der Waals surface area (Å²) in [5.74, 6) is 0.867. The number of methoxy groups -OCH3 is 2. The van der Waals surface area contributed by atoms with Gasteiger partial charge in [-0.3, -0.25) is 0 Å². The molecule has 202 valence electrons. The highest BCUT2D eigenvalue weighted by molar-refractivity contribution is 5.62. The number of rotatable bonds is 9. The summed E-state index contributed by atoms with van der Waals surface area (Å²) in [5.41, 5.74) is 2.20. The quantitative estimate of drug-likeness (QED) is 0.272. The minimum atomic E-state index is -1.52. The van der Waals surface area contributed by atoms with E-state index in [2.05, 4.69) is 0 Å². The number of fused-ring (bicyclic) bond motifs is 1. The van der Waals surface area contributed by atoms with Crippen LogP contribution in [0.3, 0.4) is 0 Å². The molecule has 37 heavy (non-hydrogen) atoms. The van der Waals surface area contributed by atoms with Crippen molar-refractivity contribution >= 4 is 6.08 Å². The molecule has 0 saturated carbocycles. The summed E-state index contributed by atoms with van der Waals surface area (Å²) >= 11 is 0. The van der Waals surface area contributed by atoms with Crippen LogP contribution in [-0.2, 0) is 9.47 Å². The van der Waals surface area contributed by atoms with E-state index in [9.17, 15) is 30.6 Å². The van der Waals surface area contributed by atoms with Gasteiger partial charge in [0.2, 0.25) is 0 Å². The highest BCUT2D eigenvalue weighted by Crippen LogP contribution is 2.51. The van der Waals surface area contributed by atoms with Gasteiger partial charge >= 0.3 is 0 Å². The summed E-state index contributed by atoms with van der Waals surface area (Å²) in [4.78, 5) is 0. The van der Waals surface area contributed by atoms with E-state index in [1.165, 1.54) is 20.3 Å². The summed E-state index contributed by atoms with van der Waals surface area (Å²) in [7, 11) is 2.97. The second-order valence-corrected chi connectivity index (χ2v) is 8.83. The predicted molar refractivity (Wildman–Crippen MR) is 130 cm³/mol. The summed E-state index contributed by atoms with van der Waals surface area (Å²) in [6.45, 7) is -0.739. The van der Waals surface area contributed by atoms with Crippen LogP contribution in [0, 0.1) is 0 Å². The van der Waals surface area contributed by atoms with E-state index < -0.39 is 49.3 Å². The maximum Gasteiger partial charge on any atom is 0.187 e. The Balaban J connectivity index is 1.50. The molecule has 2 aromatic carbocycles. The van der Waals surface area contributed by atoms with Gasteiger partial charge in [0, 0.05) is 5.56 Å². The third-order valence-corrected chi connectivity index (χ3v) is 6.58. The summed E-state index contributed by atoms with van der Waals surface area (Å²) in [6.07, 6.45) is -3.86. The molecule has 0 spiro atoms. The molecule has 7 atom stereocenters. The first-order chi connectivity index (χ1) is 17.8. The van der Waals surface area contributed by atoms with Crippen LogP contribution >= 0.6 is 0 Å². The van der Waals surface area contributed by atoms with Crippen LogP contribution in [-0.4, -0.2) is 95.4 Å². The zero-order valence-corrected chi connectivity index (χ0v) is 20.4. The van der Waals surface area contributed by atoms with Crippen LogP contribution in [0.1, 0.15) is 28.7 Å². The number of aliphatic hydroxyl groups is 5. The summed E-state index contributed by atoms with van der Waals surface area (Å²) in [5, 5.41) is 59.3. The number of phenolic OH excluding ortho intramolecular Hbond substituents is 1. The van der Waals surface area contributed by atoms with Crippen molar-refractivity contribution in [1.82, 2.24) is 0 Å². The van der Waals surface area contributed by atoms with Crippen molar-refractivity contribution in [2.75, 3.05) is 34.0 Å². The molecule has 1 fully saturated rings. The van der Waals surface area contributed by atoms with Gasteiger partial charge in [-0.1, -0.05) is 18.2 Å². The Bertz CT molecular complexity index is 1100. The van der Waals surface area contributed by atoms with Gasteiger partial charge in [-0.2, -0.15) is 0 Å². The van der Waals surface area contributed by atoms with Crippen molar-refractivity contribution in [3.63, 3.8) is 0 Å². The van der Waals surface area contributed by atoms with Gasteiger partial charge in [0.05, 0.1) is 40.0 Å². The summed E-state index contributed by atoms with van der Waals surface area (Å²) in [6, 6.07) is 8.51. The van der Waals surface area contributed by atoms with E-state index in [-0.39, 0.29) is 19.0 Å². The van der Waals surface area contributed by atoms with E-state index in [0.717, 1.165) is 16.7 Å². The molecule has 0 aliphatic carbocycles. The van der Waals surface area contributed by atoms with Crippen molar-refractivity contribution in [3.05, 3.63) is 53.1 Å². The average Bonchev–Trinajstić information content (AvgIpc) is 3.29.